The molecule has 0 saturated carbocycles. The molecule has 2 aromatic rings. The van der Waals surface area contributed by atoms with Gasteiger partial charge in [-0.2, -0.15) is 0 Å². The minimum absolute atomic E-state index is 0.139. The van der Waals surface area contributed by atoms with Crippen LogP contribution in [-0.4, -0.2) is 11.6 Å². The van der Waals surface area contributed by atoms with E-state index in [4.69, 9.17) is 0 Å². The van der Waals surface area contributed by atoms with Gasteiger partial charge in [-0.1, -0.05) is 29.8 Å². The lowest BCUT2D eigenvalue weighted by Gasteiger charge is -1.99. The Kier molecular flexibility index (Phi) is 2.45. The minimum atomic E-state index is -0.139. The van der Waals surface area contributed by atoms with E-state index in [0.717, 1.165) is 22.5 Å². The summed E-state index contributed by atoms with van der Waals surface area (Å²) in [4.78, 5) is 16.3. The van der Waals surface area contributed by atoms with E-state index in [1.807, 2.05) is 55.5 Å². The molecule has 3 heteroatoms. The van der Waals surface area contributed by atoms with Gasteiger partial charge in [-0.25, -0.2) is 4.99 Å². The summed E-state index contributed by atoms with van der Waals surface area (Å²) in [6.45, 7) is 2.00. The number of fused-ring (bicyclic) bond motifs is 1. The van der Waals surface area contributed by atoms with Crippen molar-refractivity contribution >= 4 is 23.0 Å². The monoisotopic (exact) mass is 236 g/mol. The molecule has 1 amide bonds. The van der Waals surface area contributed by atoms with Crippen LogP contribution in [0.2, 0.25) is 0 Å². The van der Waals surface area contributed by atoms with Crippen LogP contribution < -0.4 is 5.32 Å². The van der Waals surface area contributed by atoms with Crippen molar-refractivity contribution in [2.75, 3.05) is 5.32 Å². The molecule has 88 valence electrons. The molecule has 0 atom stereocenters. The zero-order valence-corrected chi connectivity index (χ0v) is 9.97. The van der Waals surface area contributed by atoms with Gasteiger partial charge in [0.05, 0.1) is 11.4 Å². The molecule has 1 N–H and O–H groups in total. The van der Waals surface area contributed by atoms with Gasteiger partial charge in [0.2, 0.25) is 0 Å². The molecule has 1 aliphatic heterocycles. The van der Waals surface area contributed by atoms with E-state index in [9.17, 15) is 4.79 Å². The highest BCUT2D eigenvalue weighted by atomic mass is 16.2. The highest BCUT2D eigenvalue weighted by Crippen LogP contribution is 2.26. The van der Waals surface area contributed by atoms with Crippen molar-refractivity contribution in [3.8, 4) is 0 Å². The molecular weight excluding hydrogens is 224 g/mol. The van der Waals surface area contributed by atoms with Crippen molar-refractivity contribution < 1.29 is 4.79 Å². The maximum absolute atomic E-state index is 11.9. The Morgan fingerprint density at radius 1 is 1.06 bits per heavy atom. The second-order valence-corrected chi connectivity index (χ2v) is 4.30. The van der Waals surface area contributed by atoms with Crippen molar-refractivity contribution in [2.45, 2.75) is 6.92 Å². The van der Waals surface area contributed by atoms with E-state index in [1.165, 1.54) is 0 Å². The van der Waals surface area contributed by atoms with E-state index < -0.39 is 0 Å². The normalized spacial score (nSPS) is 15.6. The number of aliphatic imine (C=N–C) groups is 1. The van der Waals surface area contributed by atoms with Gasteiger partial charge in [-0.3, -0.25) is 4.79 Å². The van der Waals surface area contributed by atoms with Crippen molar-refractivity contribution in [1.82, 2.24) is 0 Å². The summed E-state index contributed by atoms with van der Waals surface area (Å²) in [5, 5.41) is 2.83. The molecule has 18 heavy (non-hydrogen) atoms. The number of para-hydroxylation sites is 1. The predicted molar refractivity (Wildman–Crippen MR) is 72.4 cm³/mol. The van der Waals surface area contributed by atoms with Crippen molar-refractivity contribution in [3.05, 3.63) is 59.7 Å². The lowest BCUT2D eigenvalue weighted by Crippen LogP contribution is -2.13. The van der Waals surface area contributed by atoms with E-state index in [-0.39, 0.29) is 5.91 Å². The number of amides is 1. The maximum atomic E-state index is 11.9. The van der Waals surface area contributed by atoms with Gasteiger partial charge in [0, 0.05) is 5.56 Å². The Balaban J connectivity index is 2.12. The molecular formula is C15H12N2O. The number of carbonyl (C=O) groups is 1. The zero-order valence-electron chi connectivity index (χ0n) is 9.97. The van der Waals surface area contributed by atoms with Gasteiger partial charge in [-0.15, -0.1) is 0 Å². The van der Waals surface area contributed by atoms with Gasteiger partial charge < -0.3 is 5.32 Å². The molecule has 0 aromatic heterocycles. The first-order valence-corrected chi connectivity index (χ1v) is 5.80. The largest absolute Gasteiger partial charge is 0.320 e. The van der Waals surface area contributed by atoms with Gasteiger partial charge in [-0.05, 0) is 31.2 Å². The van der Waals surface area contributed by atoms with Crippen molar-refractivity contribution in [1.29, 1.82) is 0 Å². The molecule has 0 saturated heterocycles. The lowest BCUT2D eigenvalue weighted by atomic mass is 10.1. The Morgan fingerprint density at radius 2 is 1.83 bits per heavy atom. The molecule has 0 unspecified atom stereocenters. The SMILES string of the molecule is Cc1ccc2c(c1)C(=Nc1ccccc1)C(=O)N2. The fourth-order valence-corrected chi connectivity index (χ4v) is 2.01. The van der Waals surface area contributed by atoms with Gasteiger partial charge in [0.25, 0.3) is 5.91 Å². The van der Waals surface area contributed by atoms with Gasteiger partial charge in [0.15, 0.2) is 0 Å². The first kappa shape index (κ1) is 10.7. The molecule has 0 fully saturated rings. The quantitative estimate of drug-likeness (QED) is 0.812. The summed E-state index contributed by atoms with van der Waals surface area (Å²) in [6, 6.07) is 15.4. The van der Waals surface area contributed by atoms with E-state index in [2.05, 4.69) is 10.3 Å². The second-order valence-electron chi connectivity index (χ2n) is 4.30. The van der Waals surface area contributed by atoms with Crippen LogP contribution in [-0.2, 0) is 4.79 Å². The third-order valence-electron chi connectivity index (χ3n) is 2.89. The average molecular weight is 236 g/mol. The molecule has 3 rings (SSSR count). The van der Waals surface area contributed by atoms with Crippen LogP contribution in [0.5, 0.6) is 0 Å². The second kappa shape index (κ2) is 4.11. The third kappa shape index (κ3) is 1.80. The molecule has 0 aliphatic carbocycles. The fraction of sp³-hybridized carbons (Fsp3) is 0.0667. The highest BCUT2D eigenvalue weighted by Gasteiger charge is 2.25. The Bertz CT molecular complexity index is 645. The van der Waals surface area contributed by atoms with E-state index >= 15 is 0 Å². The summed E-state index contributed by atoms with van der Waals surface area (Å²) in [5.74, 6) is -0.139. The molecule has 0 radical (unpaired) electrons. The summed E-state index contributed by atoms with van der Waals surface area (Å²) >= 11 is 0. The van der Waals surface area contributed by atoms with Crippen LogP contribution in [0.4, 0.5) is 11.4 Å². The van der Waals surface area contributed by atoms with Crippen LogP contribution in [0.25, 0.3) is 0 Å². The van der Waals surface area contributed by atoms with E-state index in [1.54, 1.807) is 0 Å². The summed E-state index contributed by atoms with van der Waals surface area (Å²) in [5.41, 5.74) is 4.10. The number of nitrogens with one attached hydrogen (secondary N) is 1. The van der Waals surface area contributed by atoms with Crippen LogP contribution in [0, 0.1) is 6.92 Å². The molecule has 1 heterocycles. The first-order chi connectivity index (χ1) is 8.74. The molecule has 1 aliphatic rings. The summed E-state index contributed by atoms with van der Waals surface area (Å²) in [7, 11) is 0. The molecule has 3 nitrogen and oxygen atoms in total. The molecule has 0 spiro atoms. The van der Waals surface area contributed by atoms with Gasteiger partial charge >= 0.3 is 0 Å². The predicted octanol–water partition coefficient (Wildman–Crippen LogP) is 3.07. The van der Waals surface area contributed by atoms with Crippen molar-refractivity contribution in [3.63, 3.8) is 0 Å². The van der Waals surface area contributed by atoms with Gasteiger partial charge in [0.1, 0.15) is 5.71 Å². The summed E-state index contributed by atoms with van der Waals surface area (Å²) in [6.07, 6.45) is 0. The van der Waals surface area contributed by atoms with Crippen LogP contribution >= 0.6 is 0 Å². The number of aryl methyl sites for hydroxylation is 1. The third-order valence-corrected chi connectivity index (χ3v) is 2.89. The topological polar surface area (TPSA) is 41.5 Å². The zero-order chi connectivity index (χ0) is 12.5. The number of anilines is 1. The first-order valence-electron chi connectivity index (χ1n) is 5.80. The molecule has 0 bridgehead atoms. The number of rotatable bonds is 1. The Labute approximate surface area is 105 Å². The fourth-order valence-electron chi connectivity index (χ4n) is 2.01. The highest BCUT2D eigenvalue weighted by molar-refractivity contribution is 6.54. The Hall–Kier alpha value is -2.42. The minimum Gasteiger partial charge on any atom is -0.320 e. The van der Waals surface area contributed by atoms with Crippen molar-refractivity contribution in [2.24, 2.45) is 4.99 Å². The number of nitrogens with zero attached hydrogens (tertiary/aromatic N) is 1. The number of benzene rings is 2. The van der Waals surface area contributed by atoms with E-state index in [0.29, 0.717) is 5.71 Å². The smallest absolute Gasteiger partial charge is 0.275 e. The molecule has 2 aromatic carbocycles. The number of carbonyl (C=O) groups excluding carboxylic acids is 1. The van der Waals surface area contributed by atoms with Crippen LogP contribution in [0.3, 0.4) is 0 Å². The number of hydrogen-bond acceptors (Lipinski definition) is 2. The lowest BCUT2D eigenvalue weighted by molar-refractivity contribution is -0.110. The standard InChI is InChI=1S/C15H12N2O/c1-10-7-8-13-12(9-10)14(15(18)17-13)16-11-5-3-2-4-6-11/h2-9H,1H3,(H,16,17,18). The maximum Gasteiger partial charge on any atom is 0.275 e. The van der Waals surface area contributed by atoms with Crippen LogP contribution in [0.1, 0.15) is 11.1 Å². The average Bonchev–Trinajstić information content (AvgIpc) is 2.67. The Morgan fingerprint density at radius 3 is 2.61 bits per heavy atom. The number of hydrogen-bond donors (Lipinski definition) is 1. The van der Waals surface area contributed by atoms with Crippen LogP contribution in [0.15, 0.2) is 53.5 Å². The summed E-state index contributed by atoms with van der Waals surface area (Å²) < 4.78 is 0.